The molecule has 1 aromatic carbocycles. The van der Waals surface area contributed by atoms with E-state index in [-0.39, 0.29) is 18.2 Å². The van der Waals surface area contributed by atoms with Crippen LogP contribution in [0.5, 0.6) is 0 Å². The third-order valence-electron chi connectivity index (χ3n) is 3.29. The van der Waals surface area contributed by atoms with Crippen LogP contribution >= 0.6 is 34.7 Å². The average Bonchev–Trinajstić information content (AvgIpc) is 2.99. The van der Waals surface area contributed by atoms with Gasteiger partial charge in [-0.1, -0.05) is 29.8 Å². The summed E-state index contributed by atoms with van der Waals surface area (Å²) in [6, 6.07) is 11.1. The molecule has 26 heavy (non-hydrogen) atoms. The third-order valence-corrected chi connectivity index (χ3v) is 5.61. The molecule has 0 aliphatic heterocycles. The van der Waals surface area contributed by atoms with Crippen LogP contribution in [0.25, 0.3) is 0 Å². The van der Waals surface area contributed by atoms with Crippen LogP contribution in [0.1, 0.15) is 4.88 Å². The van der Waals surface area contributed by atoms with E-state index in [0.717, 1.165) is 14.1 Å². The Balaban J connectivity index is 1.99. The van der Waals surface area contributed by atoms with Crippen LogP contribution < -0.4 is 11.1 Å². The summed E-state index contributed by atoms with van der Waals surface area (Å²) in [5.74, 6) is -0.376. The Labute approximate surface area is 166 Å². The molecule has 138 valence electrons. The van der Waals surface area contributed by atoms with Crippen molar-refractivity contribution in [1.29, 1.82) is 0 Å². The lowest BCUT2D eigenvalue weighted by molar-refractivity contribution is -0.117. The molecule has 0 bridgehead atoms. The molecule has 2 aromatic rings. The monoisotopic (exact) mass is 409 g/mol. The zero-order chi connectivity index (χ0) is 18.9. The molecule has 8 heteroatoms. The van der Waals surface area contributed by atoms with Crippen molar-refractivity contribution >= 4 is 52.2 Å². The van der Waals surface area contributed by atoms with Crippen molar-refractivity contribution in [3.63, 3.8) is 0 Å². The number of rotatable bonds is 10. The lowest BCUT2D eigenvalue weighted by atomic mass is 10.3. The number of nitrogens with two attached hydrogens (primary N) is 1. The first-order valence-corrected chi connectivity index (χ1v) is 10.0. The fourth-order valence-electron chi connectivity index (χ4n) is 2.26. The van der Waals surface area contributed by atoms with Gasteiger partial charge in [0.25, 0.3) is 0 Å². The SMILES string of the molecule is C=CCN(CC(=O)Nc1ccccc1SCC(N)=O)Cc1ccc(Cl)s1. The summed E-state index contributed by atoms with van der Waals surface area (Å²) in [6.07, 6.45) is 1.76. The van der Waals surface area contributed by atoms with Gasteiger partial charge in [0.2, 0.25) is 11.8 Å². The van der Waals surface area contributed by atoms with Gasteiger partial charge in [-0.2, -0.15) is 0 Å². The van der Waals surface area contributed by atoms with E-state index in [0.29, 0.717) is 18.8 Å². The van der Waals surface area contributed by atoms with Crippen molar-refractivity contribution in [1.82, 2.24) is 4.90 Å². The van der Waals surface area contributed by atoms with Crippen LogP contribution in [0.3, 0.4) is 0 Å². The molecule has 0 aliphatic carbocycles. The number of thiophene rings is 1. The van der Waals surface area contributed by atoms with Gasteiger partial charge in [0.05, 0.1) is 22.3 Å². The molecule has 0 spiro atoms. The summed E-state index contributed by atoms with van der Waals surface area (Å²) in [7, 11) is 0. The number of halogens is 1. The highest BCUT2D eigenvalue weighted by molar-refractivity contribution is 8.00. The van der Waals surface area contributed by atoms with Crippen LogP contribution in [0.4, 0.5) is 5.69 Å². The summed E-state index contributed by atoms with van der Waals surface area (Å²) < 4.78 is 0.725. The average molecular weight is 410 g/mol. The molecule has 0 unspecified atom stereocenters. The van der Waals surface area contributed by atoms with E-state index in [4.69, 9.17) is 17.3 Å². The number of thioether (sulfide) groups is 1. The minimum absolute atomic E-state index is 0.137. The normalized spacial score (nSPS) is 10.7. The van der Waals surface area contributed by atoms with Gasteiger partial charge in [-0.25, -0.2) is 0 Å². The van der Waals surface area contributed by atoms with Crippen molar-refractivity contribution in [2.24, 2.45) is 5.73 Å². The Morgan fingerprint density at radius 1 is 1.31 bits per heavy atom. The Morgan fingerprint density at radius 2 is 2.08 bits per heavy atom. The Hall–Kier alpha value is -1.80. The standard InChI is InChI=1S/C18H20ClN3O2S2/c1-2-9-22(10-13-7-8-16(19)26-13)11-18(24)21-14-5-3-4-6-15(14)25-12-17(20)23/h2-8H,1,9-12H2,(H2,20,23)(H,21,24). The number of carbonyl (C=O) groups is 2. The Bertz CT molecular complexity index is 779. The minimum atomic E-state index is -0.400. The zero-order valence-electron chi connectivity index (χ0n) is 14.1. The fraction of sp³-hybridized carbons (Fsp3) is 0.222. The third kappa shape index (κ3) is 6.84. The highest BCUT2D eigenvalue weighted by atomic mass is 35.5. The summed E-state index contributed by atoms with van der Waals surface area (Å²) in [6.45, 7) is 5.17. The van der Waals surface area contributed by atoms with Crippen molar-refractivity contribution in [3.05, 3.63) is 58.3 Å². The molecule has 5 nitrogen and oxygen atoms in total. The van der Waals surface area contributed by atoms with Crippen molar-refractivity contribution in [2.75, 3.05) is 24.2 Å². The van der Waals surface area contributed by atoms with Crippen LogP contribution in [0.2, 0.25) is 4.34 Å². The van der Waals surface area contributed by atoms with Gasteiger partial charge >= 0.3 is 0 Å². The van der Waals surface area contributed by atoms with Gasteiger partial charge in [0, 0.05) is 22.9 Å². The van der Waals surface area contributed by atoms with Crippen molar-refractivity contribution in [2.45, 2.75) is 11.4 Å². The highest BCUT2D eigenvalue weighted by Gasteiger charge is 2.13. The molecule has 1 heterocycles. The second-order valence-corrected chi connectivity index (χ2v) is 8.28. The number of anilines is 1. The molecule has 0 fully saturated rings. The first-order chi connectivity index (χ1) is 12.5. The first-order valence-electron chi connectivity index (χ1n) is 7.85. The van der Waals surface area contributed by atoms with Crippen molar-refractivity contribution < 1.29 is 9.59 Å². The molecule has 0 radical (unpaired) electrons. The molecule has 3 N–H and O–H groups in total. The largest absolute Gasteiger partial charge is 0.369 e. The van der Waals surface area contributed by atoms with Crippen LogP contribution in [-0.2, 0) is 16.1 Å². The predicted octanol–water partition coefficient (Wildman–Crippen LogP) is 3.61. The molecule has 2 amide bonds. The van der Waals surface area contributed by atoms with Crippen LogP contribution in [-0.4, -0.2) is 35.6 Å². The molecule has 0 saturated heterocycles. The van der Waals surface area contributed by atoms with Crippen LogP contribution in [0.15, 0.2) is 53.9 Å². The summed E-state index contributed by atoms with van der Waals surface area (Å²) >= 11 is 8.76. The molecule has 0 atom stereocenters. The second kappa shape index (κ2) is 10.4. The Morgan fingerprint density at radius 3 is 2.73 bits per heavy atom. The number of hydrogen-bond donors (Lipinski definition) is 2. The summed E-state index contributed by atoms with van der Waals surface area (Å²) in [5, 5.41) is 2.90. The van der Waals surface area contributed by atoms with E-state index in [1.54, 1.807) is 12.1 Å². The topological polar surface area (TPSA) is 75.4 Å². The number of benzene rings is 1. The lowest BCUT2D eigenvalue weighted by Gasteiger charge is -2.20. The number of nitrogens with one attached hydrogen (secondary N) is 1. The molecule has 0 saturated carbocycles. The Kier molecular flexibility index (Phi) is 8.18. The minimum Gasteiger partial charge on any atom is -0.369 e. The van der Waals surface area contributed by atoms with Gasteiger partial charge in [-0.15, -0.1) is 29.7 Å². The van der Waals surface area contributed by atoms with Gasteiger partial charge < -0.3 is 11.1 Å². The summed E-state index contributed by atoms with van der Waals surface area (Å²) in [4.78, 5) is 27.3. The van der Waals surface area contributed by atoms with Gasteiger partial charge in [-0.3, -0.25) is 14.5 Å². The zero-order valence-corrected chi connectivity index (χ0v) is 16.5. The number of para-hydroxylation sites is 1. The molecular weight excluding hydrogens is 390 g/mol. The highest BCUT2D eigenvalue weighted by Crippen LogP contribution is 2.27. The van der Waals surface area contributed by atoms with Gasteiger partial charge in [0.1, 0.15) is 0 Å². The van der Waals surface area contributed by atoms with E-state index in [2.05, 4.69) is 11.9 Å². The van der Waals surface area contributed by atoms with E-state index in [1.807, 2.05) is 35.2 Å². The maximum Gasteiger partial charge on any atom is 0.238 e. The number of amides is 2. The number of carbonyl (C=O) groups excluding carboxylic acids is 2. The number of primary amides is 1. The maximum atomic E-state index is 12.5. The van der Waals surface area contributed by atoms with Gasteiger partial charge in [-0.05, 0) is 24.3 Å². The lowest BCUT2D eigenvalue weighted by Crippen LogP contribution is -2.33. The smallest absolute Gasteiger partial charge is 0.238 e. The number of nitrogens with zero attached hydrogens (tertiary/aromatic N) is 1. The van der Waals surface area contributed by atoms with E-state index < -0.39 is 5.91 Å². The maximum absolute atomic E-state index is 12.5. The molecule has 0 aliphatic rings. The molecule has 1 aromatic heterocycles. The van der Waals surface area contributed by atoms with E-state index in [9.17, 15) is 9.59 Å². The molecule has 2 rings (SSSR count). The van der Waals surface area contributed by atoms with Gasteiger partial charge in [0.15, 0.2) is 0 Å². The van der Waals surface area contributed by atoms with E-state index in [1.165, 1.54) is 23.1 Å². The van der Waals surface area contributed by atoms with E-state index >= 15 is 0 Å². The van der Waals surface area contributed by atoms with Crippen LogP contribution in [0, 0.1) is 0 Å². The predicted molar refractivity (Wildman–Crippen MR) is 110 cm³/mol. The first kappa shape index (κ1) is 20.5. The summed E-state index contributed by atoms with van der Waals surface area (Å²) in [5.41, 5.74) is 5.86. The number of hydrogen-bond acceptors (Lipinski definition) is 5. The van der Waals surface area contributed by atoms with Crippen molar-refractivity contribution in [3.8, 4) is 0 Å². The molecular formula is C18H20ClN3O2S2. The second-order valence-electron chi connectivity index (χ2n) is 5.46. The quantitative estimate of drug-likeness (QED) is 0.464. The fourth-order valence-corrected chi connectivity index (χ4v) is 4.14.